The topological polar surface area (TPSA) is 18.6 Å². The molecule has 2 heterocycles. The number of hydrogen-bond donors (Lipinski definition) is 0. The fourth-order valence-electron chi connectivity index (χ4n) is 7.30. The Bertz CT molecular complexity index is 2760. The van der Waals surface area contributed by atoms with E-state index in [0.29, 0.717) is 11.4 Å². The summed E-state index contributed by atoms with van der Waals surface area (Å²) in [7, 11) is 0. The summed E-state index contributed by atoms with van der Waals surface area (Å²) < 4.78 is 4.55. The predicted octanol–water partition coefficient (Wildman–Crippen LogP) is 12.3. The lowest BCUT2D eigenvalue weighted by Gasteiger charge is -2.18. The number of hydrogen-bond acceptors (Lipinski definition) is 0. The van der Waals surface area contributed by atoms with Crippen LogP contribution in [0.25, 0.3) is 86.9 Å². The molecule has 9 aromatic rings. The summed E-state index contributed by atoms with van der Waals surface area (Å²) in [5, 5.41) is 4.63. The van der Waals surface area contributed by atoms with Gasteiger partial charge in [0, 0.05) is 38.3 Å². The van der Waals surface area contributed by atoms with E-state index >= 15 is 0 Å². The van der Waals surface area contributed by atoms with Crippen molar-refractivity contribution in [3.8, 4) is 33.6 Å². The number of rotatable bonds is 4. The number of nitrogens with zero attached hydrogens (tertiary/aromatic N) is 4. The predicted molar refractivity (Wildman–Crippen MR) is 199 cm³/mol. The molecule has 4 nitrogen and oxygen atoms in total. The molecule has 0 bridgehead atoms. The standard InChI is InChI=1S/C44H26N4/c1-45-30-23-24-39-38-18-6-9-19-40(38)47(44(39)28-30)32-26-29(25-31(27-32)46-2)33-13-3-4-14-34(33)35-15-5-10-20-41(35)48-42-21-11-7-16-36(42)37-17-8-12-22-43(37)48/h3-28H. The first-order valence-corrected chi connectivity index (χ1v) is 15.8. The number of fused-ring (bicyclic) bond motifs is 6. The minimum Gasteiger partial charge on any atom is -0.312 e. The van der Waals surface area contributed by atoms with Crippen LogP contribution < -0.4 is 0 Å². The second kappa shape index (κ2) is 10.9. The molecule has 0 amide bonds. The third-order valence-electron chi connectivity index (χ3n) is 9.33. The number of aromatic nitrogens is 2. The van der Waals surface area contributed by atoms with Gasteiger partial charge in [-0.25, -0.2) is 9.69 Å². The molecule has 0 spiro atoms. The van der Waals surface area contributed by atoms with Gasteiger partial charge in [-0.05, 0) is 65.2 Å². The average molecular weight is 611 g/mol. The maximum Gasteiger partial charge on any atom is 0.189 e. The summed E-state index contributed by atoms with van der Waals surface area (Å²) in [5.41, 5.74) is 11.6. The Hall–Kier alpha value is -6.88. The molecule has 4 heteroatoms. The molecule has 222 valence electrons. The second-order valence-electron chi connectivity index (χ2n) is 11.9. The van der Waals surface area contributed by atoms with Crippen molar-refractivity contribution in [2.24, 2.45) is 0 Å². The highest BCUT2D eigenvalue weighted by atomic mass is 15.0. The lowest BCUT2D eigenvalue weighted by Crippen LogP contribution is -1.98. The molecule has 2 aromatic heterocycles. The van der Waals surface area contributed by atoms with Gasteiger partial charge >= 0.3 is 0 Å². The first-order valence-electron chi connectivity index (χ1n) is 15.8. The van der Waals surface area contributed by atoms with E-state index in [0.717, 1.165) is 66.5 Å². The van der Waals surface area contributed by atoms with Crippen molar-refractivity contribution in [3.63, 3.8) is 0 Å². The molecular formula is C44H26N4. The lowest BCUT2D eigenvalue weighted by atomic mass is 9.93. The minimum atomic E-state index is 0.556. The molecule has 0 fully saturated rings. The molecule has 0 saturated carbocycles. The van der Waals surface area contributed by atoms with Crippen LogP contribution in [0.15, 0.2) is 158 Å². The highest BCUT2D eigenvalue weighted by molar-refractivity contribution is 6.11. The van der Waals surface area contributed by atoms with E-state index < -0.39 is 0 Å². The SMILES string of the molecule is [C-]#[N+]c1cc(-c2ccccc2-c2ccccc2-n2c3ccccc3c3ccccc32)cc(-n2c3ccccc3c3ccc([N+]#[C-])cc32)c1. The van der Waals surface area contributed by atoms with Crippen molar-refractivity contribution in [2.75, 3.05) is 0 Å². The van der Waals surface area contributed by atoms with Gasteiger partial charge in [-0.15, -0.1) is 0 Å². The summed E-state index contributed by atoms with van der Waals surface area (Å²) >= 11 is 0. The molecule has 48 heavy (non-hydrogen) atoms. The van der Waals surface area contributed by atoms with Gasteiger partial charge in [0.05, 0.1) is 35.4 Å². The van der Waals surface area contributed by atoms with E-state index in [1.165, 1.54) is 10.8 Å². The van der Waals surface area contributed by atoms with E-state index in [1.807, 2.05) is 42.5 Å². The van der Waals surface area contributed by atoms with Crippen LogP contribution in [-0.2, 0) is 0 Å². The fourth-order valence-corrected chi connectivity index (χ4v) is 7.30. The Labute approximate surface area is 277 Å². The highest BCUT2D eigenvalue weighted by Gasteiger charge is 2.19. The van der Waals surface area contributed by atoms with Crippen molar-refractivity contribution in [2.45, 2.75) is 0 Å². The van der Waals surface area contributed by atoms with Gasteiger partial charge in [-0.3, -0.25) is 0 Å². The largest absolute Gasteiger partial charge is 0.312 e. The van der Waals surface area contributed by atoms with Crippen LogP contribution in [0.4, 0.5) is 11.4 Å². The van der Waals surface area contributed by atoms with Crippen molar-refractivity contribution in [1.82, 2.24) is 9.13 Å². The lowest BCUT2D eigenvalue weighted by molar-refractivity contribution is 1.18. The molecule has 7 aromatic carbocycles. The monoisotopic (exact) mass is 610 g/mol. The highest BCUT2D eigenvalue weighted by Crippen LogP contribution is 2.42. The molecular weight excluding hydrogens is 585 g/mol. The second-order valence-corrected chi connectivity index (χ2v) is 11.9. The van der Waals surface area contributed by atoms with Gasteiger partial charge < -0.3 is 9.13 Å². The van der Waals surface area contributed by atoms with Gasteiger partial charge in [0.2, 0.25) is 0 Å². The number of para-hydroxylation sites is 4. The summed E-state index contributed by atoms with van der Waals surface area (Å²) in [5.74, 6) is 0. The van der Waals surface area contributed by atoms with E-state index in [1.54, 1.807) is 0 Å². The zero-order valence-electron chi connectivity index (χ0n) is 25.8. The summed E-state index contributed by atoms with van der Waals surface area (Å²) in [6.07, 6.45) is 0. The first-order chi connectivity index (χ1) is 23.7. The maximum atomic E-state index is 8.09. The molecule has 0 N–H and O–H groups in total. The first kappa shape index (κ1) is 27.4. The van der Waals surface area contributed by atoms with Crippen molar-refractivity contribution in [3.05, 3.63) is 181 Å². The van der Waals surface area contributed by atoms with Crippen LogP contribution in [-0.4, -0.2) is 9.13 Å². The minimum absolute atomic E-state index is 0.556. The zero-order valence-corrected chi connectivity index (χ0v) is 25.8. The number of benzene rings is 7. The van der Waals surface area contributed by atoms with Gasteiger partial charge in [0.15, 0.2) is 11.4 Å². The quantitative estimate of drug-likeness (QED) is 0.177. The Morgan fingerprint density at radius 3 is 1.54 bits per heavy atom. The summed E-state index contributed by atoms with van der Waals surface area (Å²) in [6.45, 7) is 15.8. The van der Waals surface area contributed by atoms with Crippen LogP contribution in [0, 0.1) is 13.1 Å². The van der Waals surface area contributed by atoms with Gasteiger partial charge in [-0.2, -0.15) is 0 Å². The van der Waals surface area contributed by atoms with Crippen LogP contribution in [0.1, 0.15) is 0 Å². The van der Waals surface area contributed by atoms with Gasteiger partial charge in [0.1, 0.15) is 0 Å². The molecule has 0 aliphatic carbocycles. The fraction of sp³-hybridized carbons (Fsp3) is 0. The van der Waals surface area contributed by atoms with Crippen LogP contribution in [0.3, 0.4) is 0 Å². The molecule has 0 atom stereocenters. The Kier molecular flexibility index (Phi) is 6.22. The van der Waals surface area contributed by atoms with E-state index in [9.17, 15) is 0 Å². The smallest absolute Gasteiger partial charge is 0.189 e. The molecule has 0 aliphatic rings. The Balaban J connectivity index is 1.30. The van der Waals surface area contributed by atoms with Crippen molar-refractivity contribution in [1.29, 1.82) is 0 Å². The third-order valence-corrected chi connectivity index (χ3v) is 9.33. The van der Waals surface area contributed by atoms with E-state index in [4.69, 9.17) is 13.1 Å². The Morgan fingerprint density at radius 2 is 0.896 bits per heavy atom. The summed E-state index contributed by atoms with van der Waals surface area (Å²) in [6, 6.07) is 54.5. The van der Waals surface area contributed by atoms with E-state index in [2.05, 4.69) is 134 Å². The molecule has 0 unspecified atom stereocenters. The van der Waals surface area contributed by atoms with Crippen LogP contribution in [0.5, 0.6) is 0 Å². The third kappa shape index (κ3) is 4.14. The van der Waals surface area contributed by atoms with Gasteiger partial charge in [0.25, 0.3) is 0 Å². The molecule has 0 radical (unpaired) electrons. The van der Waals surface area contributed by atoms with Crippen molar-refractivity contribution >= 4 is 55.0 Å². The van der Waals surface area contributed by atoms with Gasteiger partial charge in [-0.1, -0.05) is 109 Å². The zero-order chi connectivity index (χ0) is 32.2. The Morgan fingerprint density at radius 1 is 0.375 bits per heavy atom. The van der Waals surface area contributed by atoms with E-state index in [-0.39, 0.29) is 0 Å². The van der Waals surface area contributed by atoms with Crippen LogP contribution in [0.2, 0.25) is 0 Å². The van der Waals surface area contributed by atoms with Crippen LogP contribution >= 0.6 is 0 Å². The molecule has 0 saturated heterocycles. The summed E-state index contributed by atoms with van der Waals surface area (Å²) in [4.78, 5) is 7.66. The molecule has 9 rings (SSSR count). The average Bonchev–Trinajstić information content (AvgIpc) is 3.67. The maximum absolute atomic E-state index is 8.09. The molecule has 0 aliphatic heterocycles. The van der Waals surface area contributed by atoms with Crippen molar-refractivity contribution < 1.29 is 0 Å². The normalized spacial score (nSPS) is 11.3.